The Labute approximate surface area is 186 Å². The number of thiazole rings is 1. The van der Waals surface area contributed by atoms with Gasteiger partial charge >= 0.3 is 0 Å². The Bertz CT molecular complexity index is 1330. The van der Waals surface area contributed by atoms with Gasteiger partial charge in [-0.25, -0.2) is 21.8 Å². The first-order chi connectivity index (χ1) is 14.4. The number of hydrogen-bond acceptors (Lipinski definition) is 8. The molecule has 11 heteroatoms. The number of fused-ring (bicyclic) bond motifs is 1. The zero-order valence-corrected chi connectivity index (χ0v) is 20.0. The lowest BCUT2D eigenvalue weighted by molar-refractivity contribution is 0.0985. The van der Waals surface area contributed by atoms with Crippen molar-refractivity contribution in [3.63, 3.8) is 0 Å². The fourth-order valence-electron chi connectivity index (χ4n) is 2.82. The fourth-order valence-corrected chi connectivity index (χ4v) is 5.20. The highest BCUT2D eigenvalue weighted by Gasteiger charge is 2.22. The van der Waals surface area contributed by atoms with Gasteiger partial charge in [-0.1, -0.05) is 11.3 Å². The molecule has 0 N–H and O–H groups in total. The Morgan fingerprint density at radius 3 is 2.03 bits per heavy atom. The first kappa shape index (κ1) is 23.3. The van der Waals surface area contributed by atoms with Gasteiger partial charge in [-0.15, -0.1) is 0 Å². The summed E-state index contributed by atoms with van der Waals surface area (Å²) in [5.41, 5.74) is 0.935. The number of carbonyl (C=O) groups is 1. The van der Waals surface area contributed by atoms with Gasteiger partial charge in [-0.05, 0) is 56.6 Å². The van der Waals surface area contributed by atoms with Gasteiger partial charge < -0.3 is 4.90 Å². The van der Waals surface area contributed by atoms with E-state index in [1.807, 2.05) is 19.0 Å². The molecule has 8 nitrogen and oxygen atoms in total. The highest BCUT2D eigenvalue weighted by Crippen LogP contribution is 2.31. The summed E-state index contributed by atoms with van der Waals surface area (Å²) in [7, 11) is -2.94. The van der Waals surface area contributed by atoms with E-state index in [4.69, 9.17) is 0 Å². The van der Waals surface area contributed by atoms with E-state index in [-0.39, 0.29) is 15.7 Å². The van der Waals surface area contributed by atoms with Crippen molar-refractivity contribution in [3.8, 4) is 0 Å². The minimum absolute atomic E-state index is 0.136. The normalized spacial score (nSPS) is 12.4. The molecule has 0 bridgehead atoms. The molecule has 3 rings (SSSR count). The van der Waals surface area contributed by atoms with Crippen LogP contribution < -0.4 is 4.90 Å². The van der Waals surface area contributed by atoms with E-state index in [1.54, 1.807) is 12.1 Å². The minimum Gasteiger partial charge on any atom is -0.308 e. The predicted molar refractivity (Wildman–Crippen MR) is 123 cm³/mol. The molecule has 3 aromatic rings. The zero-order valence-electron chi connectivity index (χ0n) is 17.6. The van der Waals surface area contributed by atoms with Crippen LogP contribution in [0.15, 0.2) is 52.3 Å². The topological polar surface area (TPSA) is 105 Å². The third-order valence-corrected chi connectivity index (χ3v) is 7.83. The van der Waals surface area contributed by atoms with Crippen molar-refractivity contribution in [2.75, 3.05) is 44.6 Å². The number of likely N-dealkylation sites (N-methyl/N-ethyl adjacent to an activating group) is 1. The lowest BCUT2D eigenvalue weighted by atomic mass is 10.2. The van der Waals surface area contributed by atoms with Gasteiger partial charge in [0.25, 0.3) is 5.91 Å². The van der Waals surface area contributed by atoms with E-state index < -0.39 is 19.7 Å². The Balaban J connectivity index is 2.01. The maximum atomic E-state index is 13.3. The molecule has 1 aromatic heterocycles. The van der Waals surface area contributed by atoms with E-state index >= 15 is 0 Å². The van der Waals surface area contributed by atoms with Crippen molar-refractivity contribution in [1.82, 2.24) is 9.88 Å². The Hall–Kier alpha value is -2.34. The maximum Gasteiger partial charge on any atom is 0.260 e. The number of amides is 1. The third kappa shape index (κ3) is 5.48. The molecule has 0 aliphatic rings. The van der Waals surface area contributed by atoms with Crippen LogP contribution in [0.3, 0.4) is 0 Å². The summed E-state index contributed by atoms with van der Waals surface area (Å²) in [5, 5.41) is 0.444. The molecule has 0 saturated heterocycles. The average molecular weight is 482 g/mol. The molecular weight excluding hydrogens is 458 g/mol. The molecule has 0 saturated carbocycles. The lowest BCUT2D eigenvalue weighted by Crippen LogP contribution is -2.36. The van der Waals surface area contributed by atoms with Crippen molar-refractivity contribution < 1.29 is 21.6 Å². The first-order valence-electron chi connectivity index (χ1n) is 9.23. The number of carbonyl (C=O) groups excluding carboxylic acids is 1. The van der Waals surface area contributed by atoms with Crippen LogP contribution in [0, 0.1) is 0 Å². The predicted octanol–water partition coefficient (Wildman–Crippen LogP) is 2.31. The second kappa shape index (κ2) is 8.65. The SMILES string of the molecule is CN(C)CCN(C(=O)c1ccc(S(C)(=O)=O)cc1)c1nc2ccc(S(C)(=O)=O)cc2s1. The largest absolute Gasteiger partial charge is 0.308 e. The number of rotatable bonds is 7. The molecule has 0 aliphatic carbocycles. The van der Waals surface area contributed by atoms with Crippen LogP contribution in [0.1, 0.15) is 10.4 Å². The molecule has 2 aromatic carbocycles. The molecule has 166 valence electrons. The lowest BCUT2D eigenvalue weighted by Gasteiger charge is -2.22. The van der Waals surface area contributed by atoms with Crippen LogP contribution in [-0.4, -0.2) is 72.3 Å². The highest BCUT2D eigenvalue weighted by molar-refractivity contribution is 7.91. The van der Waals surface area contributed by atoms with Gasteiger partial charge in [0.15, 0.2) is 24.8 Å². The van der Waals surface area contributed by atoms with Gasteiger partial charge in [0.05, 0.1) is 20.0 Å². The fraction of sp³-hybridized carbons (Fsp3) is 0.300. The smallest absolute Gasteiger partial charge is 0.260 e. The summed E-state index contributed by atoms with van der Waals surface area (Å²) in [5.74, 6) is -0.315. The molecule has 0 unspecified atom stereocenters. The van der Waals surface area contributed by atoms with Crippen LogP contribution in [0.2, 0.25) is 0 Å². The number of benzene rings is 2. The van der Waals surface area contributed by atoms with Crippen LogP contribution in [0.4, 0.5) is 5.13 Å². The van der Waals surface area contributed by atoms with Gasteiger partial charge in [0.1, 0.15) is 0 Å². The summed E-state index contributed by atoms with van der Waals surface area (Å²) in [4.78, 5) is 21.6. The van der Waals surface area contributed by atoms with E-state index in [2.05, 4.69) is 4.98 Å². The second-order valence-corrected chi connectivity index (χ2v) is 12.5. The molecule has 0 radical (unpaired) electrons. The average Bonchev–Trinajstić information content (AvgIpc) is 3.09. The number of aromatic nitrogens is 1. The molecule has 0 aliphatic heterocycles. The van der Waals surface area contributed by atoms with E-state index in [0.29, 0.717) is 34.0 Å². The van der Waals surface area contributed by atoms with E-state index in [9.17, 15) is 21.6 Å². The van der Waals surface area contributed by atoms with Crippen LogP contribution in [0.25, 0.3) is 10.2 Å². The molecule has 0 spiro atoms. The standard InChI is InChI=1S/C20H23N3O5S3/c1-22(2)11-12-23(19(24)14-5-7-15(8-6-14)30(3,25)26)20-21-17-10-9-16(31(4,27)28)13-18(17)29-20/h5-10,13H,11-12H2,1-4H3. The van der Waals surface area contributed by atoms with Crippen molar-refractivity contribution >= 4 is 52.3 Å². The number of sulfone groups is 2. The van der Waals surface area contributed by atoms with Crippen molar-refractivity contribution in [1.29, 1.82) is 0 Å². The Kier molecular flexibility index (Phi) is 6.51. The Morgan fingerprint density at radius 1 is 0.903 bits per heavy atom. The number of hydrogen-bond donors (Lipinski definition) is 0. The summed E-state index contributed by atoms with van der Waals surface area (Å²) >= 11 is 1.23. The van der Waals surface area contributed by atoms with E-state index in [1.165, 1.54) is 46.6 Å². The maximum absolute atomic E-state index is 13.3. The first-order valence-corrected chi connectivity index (χ1v) is 13.8. The molecule has 31 heavy (non-hydrogen) atoms. The zero-order chi connectivity index (χ0) is 23.0. The van der Waals surface area contributed by atoms with Gasteiger partial charge in [-0.3, -0.25) is 9.69 Å². The number of anilines is 1. The molecular formula is C20H23N3O5S3. The summed E-state index contributed by atoms with van der Waals surface area (Å²) in [6, 6.07) is 10.5. The van der Waals surface area contributed by atoms with Crippen LogP contribution in [-0.2, 0) is 19.7 Å². The second-order valence-electron chi connectivity index (χ2n) is 7.45. The highest BCUT2D eigenvalue weighted by atomic mass is 32.2. The van der Waals surface area contributed by atoms with Crippen molar-refractivity contribution in [2.45, 2.75) is 9.79 Å². The van der Waals surface area contributed by atoms with Gasteiger partial charge in [0, 0.05) is 31.2 Å². The van der Waals surface area contributed by atoms with Crippen molar-refractivity contribution in [2.24, 2.45) is 0 Å². The molecule has 0 atom stereocenters. The Morgan fingerprint density at radius 2 is 1.48 bits per heavy atom. The number of nitrogens with zero attached hydrogens (tertiary/aromatic N) is 3. The quantitative estimate of drug-likeness (QED) is 0.510. The minimum atomic E-state index is -3.36. The molecule has 0 fully saturated rings. The van der Waals surface area contributed by atoms with Gasteiger partial charge in [0.2, 0.25) is 0 Å². The van der Waals surface area contributed by atoms with Crippen LogP contribution >= 0.6 is 11.3 Å². The monoisotopic (exact) mass is 481 g/mol. The molecule has 1 heterocycles. The summed E-state index contributed by atoms with van der Waals surface area (Å²) < 4.78 is 47.8. The van der Waals surface area contributed by atoms with Crippen LogP contribution in [0.5, 0.6) is 0 Å². The van der Waals surface area contributed by atoms with Gasteiger partial charge in [-0.2, -0.15) is 0 Å². The summed E-state index contributed by atoms with van der Waals surface area (Å²) in [6.45, 7) is 0.941. The van der Waals surface area contributed by atoms with Crippen molar-refractivity contribution in [3.05, 3.63) is 48.0 Å². The van der Waals surface area contributed by atoms with E-state index in [0.717, 1.165) is 12.5 Å². The molecule has 1 amide bonds. The summed E-state index contributed by atoms with van der Waals surface area (Å²) in [6.07, 6.45) is 2.25. The third-order valence-electron chi connectivity index (χ3n) is 4.55.